The van der Waals surface area contributed by atoms with Crippen molar-refractivity contribution in [3.63, 3.8) is 0 Å². The van der Waals surface area contributed by atoms with Crippen molar-refractivity contribution in [1.29, 1.82) is 0 Å². The monoisotopic (exact) mass is 441 g/mol. The van der Waals surface area contributed by atoms with E-state index in [1.54, 1.807) is 23.1 Å². The van der Waals surface area contributed by atoms with Gasteiger partial charge >= 0.3 is 0 Å². The van der Waals surface area contributed by atoms with Gasteiger partial charge < -0.3 is 10.2 Å². The molecule has 1 fully saturated rings. The van der Waals surface area contributed by atoms with Crippen LogP contribution in [0.25, 0.3) is 0 Å². The summed E-state index contributed by atoms with van der Waals surface area (Å²) in [5, 5.41) is 2.85. The summed E-state index contributed by atoms with van der Waals surface area (Å²) >= 11 is 0. The molecule has 2 heterocycles. The van der Waals surface area contributed by atoms with Crippen LogP contribution in [0.2, 0.25) is 0 Å². The molecule has 2 amide bonds. The third kappa shape index (κ3) is 3.97. The van der Waals surface area contributed by atoms with Crippen LogP contribution in [0.3, 0.4) is 0 Å². The van der Waals surface area contributed by atoms with Gasteiger partial charge in [-0.2, -0.15) is 4.31 Å². The molecule has 2 aliphatic rings. The van der Waals surface area contributed by atoms with Crippen molar-refractivity contribution in [1.82, 2.24) is 4.31 Å². The number of sulfonamides is 1. The van der Waals surface area contributed by atoms with Gasteiger partial charge in [-0.1, -0.05) is 12.1 Å². The fourth-order valence-electron chi connectivity index (χ4n) is 4.62. The number of carbonyl (C=O) groups excluding carboxylic acids is 2. The molecular weight excluding hydrogens is 414 g/mol. The van der Waals surface area contributed by atoms with Crippen molar-refractivity contribution in [2.24, 2.45) is 0 Å². The zero-order valence-electron chi connectivity index (χ0n) is 18.0. The molecule has 0 bridgehead atoms. The average molecular weight is 442 g/mol. The van der Waals surface area contributed by atoms with Gasteiger partial charge in [0.1, 0.15) is 6.04 Å². The molecule has 7 nitrogen and oxygen atoms in total. The van der Waals surface area contributed by atoms with Crippen LogP contribution < -0.4 is 10.2 Å². The van der Waals surface area contributed by atoms with Crippen molar-refractivity contribution < 1.29 is 18.0 Å². The molecule has 1 N–H and O–H groups in total. The van der Waals surface area contributed by atoms with Gasteiger partial charge in [0.05, 0.1) is 4.90 Å². The molecule has 2 aliphatic heterocycles. The maximum absolute atomic E-state index is 13.4. The topological polar surface area (TPSA) is 86.8 Å². The maximum atomic E-state index is 13.4. The van der Waals surface area contributed by atoms with Gasteiger partial charge in [-0.25, -0.2) is 8.42 Å². The summed E-state index contributed by atoms with van der Waals surface area (Å²) < 4.78 is 28.1. The van der Waals surface area contributed by atoms with Crippen molar-refractivity contribution >= 4 is 33.2 Å². The number of hydrogen-bond acceptors (Lipinski definition) is 4. The molecular formula is C23H27N3O4S. The standard InChI is InChI=1S/C23H27N3O4S/c1-15-6-4-7-19(12-15)24-23(28)22-8-5-11-25(22)31(29,30)20-9-10-21-18(14-20)13-16(2)26(21)17(3)27/h4,6-7,9-10,12,14,16,22H,5,8,11,13H2,1-3H3,(H,24,28). The summed E-state index contributed by atoms with van der Waals surface area (Å²) in [6, 6.07) is 11.6. The van der Waals surface area contributed by atoms with Crippen LogP contribution in [0.5, 0.6) is 0 Å². The molecule has 1 saturated heterocycles. The number of carbonyl (C=O) groups is 2. The molecule has 31 heavy (non-hydrogen) atoms. The fourth-order valence-corrected chi connectivity index (χ4v) is 6.33. The third-order valence-electron chi connectivity index (χ3n) is 6.00. The molecule has 0 spiro atoms. The molecule has 2 atom stereocenters. The minimum absolute atomic E-state index is 0.00917. The molecule has 0 saturated carbocycles. The predicted molar refractivity (Wildman–Crippen MR) is 119 cm³/mol. The summed E-state index contributed by atoms with van der Waals surface area (Å²) in [4.78, 5) is 26.7. The van der Waals surface area contributed by atoms with Crippen LogP contribution >= 0.6 is 0 Å². The van der Waals surface area contributed by atoms with E-state index in [0.29, 0.717) is 31.5 Å². The van der Waals surface area contributed by atoms with E-state index in [1.165, 1.54) is 17.3 Å². The van der Waals surface area contributed by atoms with Gasteiger partial charge in [0.2, 0.25) is 21.8 Å². The summed E-state index contributed by atoms with van der Waals surface area (Å²) in [5.74, 6) is -0.376. The SMILES string of the molecule is CC(=O)N1c2ccc(S(=O)(=O)N3CCCC3C(=O)Nc3cccc(C)c3)cc2CC1C. The number of hydrogen-bond donors (Lipinski definition) is 1. The molecule has 0 radical (unpaired) electrons. The zero-order valence-corrected chi connectivity index (χ0v) is 18.8. The second kappa shape index (κ2) is 8.09. The number of rotatable bonds is 4. The lowest BCUT2D eigenvalue weighted by molar-refractivity contribution is -0.119. The summed E-state index contributed by atoms with van der Waals surface area (Å²) in [6.45, 7) is 5.70. The highest BCUT2D eigenvalue weighted by Crippen LogP contribution is 2.35. The predicted octanol–water partition coefficient (Wildman–Crippen LogP) is 3.08. The van der Waals surface area contributed by atoms with Gasteiger partial charge in [-0.05, 0) is 74.6 Å². The van der Waals surface area contributed by atoms with Gasteiger partial charge in [-0.15, -0.1) is 0 Å². The largest absolute Gasteiger partial charge is 0.325 e. The van der Waals surface area contributed by atoms with Gasteiger partial charge in [-0.3, -0.25) is 9.59 Å². The average Bonchev–Trinajstić information content (AvgIpc) is 3.31. The molecule has 0 aromatic heterocycles. The number of benzene rings is 2. The number of amides is 2. The van der Waals surface area contributed by atoms with E-state index < -0.39 is 16.1 Å². The molecule has 0 aliphatic carbocycles. The number of anilines is 2. The fraction of sp³-hybridized carbons (Fsp3) is 0.391. The third-order valence-corrected chi connectivity index (χ3v) is 7.91. The van der Waals surface area contributed by atoms with Gasteiger partial charge in [0, 0.05) is 30.9 Å². The normalized spacial score (nSPS) is 21.2. The van der Waals surface area contributed by atoms with Crippen LogP contribution in [0.1, 0.15) is 37.8 Å². The van der Waals surface area contributed by atoms with Gasteiger partial charge in [0.25, 0.3) is 0 Å². The van der Waals surface area contributed by atoms with E-state index in [1.807, 2.05) is 32.0 Å². The van der Waals surface area contributed by atoms with Crippen LogP contribution in [-0.4, -0.2) is 43.2 Å². The van der Waals surface area contributed by atoms with E-state index in [2.05, 4.69) is 5.32 Å². The van der Waals surface area contributed by atoms with Crippen LogP contribution in [0.15, 0.2) is 47.4 Å². The molecule has 2 aromatic rings. The molecule has 2 aromatic carbocycles. The van der Waals surface area contributed by atoms with Gasteiger partial charge in [0.15, 0.2) is 0 Å². The Hall–Kier alpha value is -2.71. The molecule has 8 heteroatoms. The quantitative estimate of drug-likeness (QED) is 0.790. The second-order valence-corrected chi connectivity index (χ2v) is 10.3. The van der Waals surface area contributed by atoms with Crippen molar-refractivity contribution in [2.75, 3.05) is 16.8 Å². The van der Waals surface area contributed by atoms with E-state index in [4.69, 9.17) is 0 Å². The summed E-state index contributed by atoms with van der Waals surface area (Å²) in [6.07, 6.45) is 1.72. The van der Waals surface area contributed by atoms with Crippen LogP contribution in [0, 0.1) is 6.92 Å². The number of nitrogens with zero attached hydrogens (tertiary/aromatic N) is 2. The lowest BCUT2D eigenvalue weighted by Crippen LogP contribution is -2.43. The highest BCUT2D eigenvalue weighted by molar-refractivity contribution is 7.89. The summed E-state index contributed by atoms with van der Waals surface area (Å²) in [7, 11) is -3.84. The first kappa shape index (κ1) is 21.5. The molecule has 2 unspecified atom stereocenters. The Labute approximate surface area is 183 Å². The smallest absolute Gasteiger partial charge is 0.243 e. The Morgan fingerprint density at radius 2 is 1.90 bits per heavy atom. The van der Waals surface area contributed by atoms with Crippen LogP contribution in [-0.2, 0) is 26.0 Å². The number of aryl methyl sites for hydroxylation is 1. The number of fused-ring (bicyclic) bond motifs is 1. The lowest BCUT2D eigenvalue weighted by Gasteiger charge is -2.24. The van der Waals surface area contributed by atoms with Crippen molar-refractivity contribution in [3.05, 3.63) is 53.6 Å². The lowest BCUT2D eigenvalue weighted by atomic mass is 10.1. The molecule has 164 valence electrons. The molecule has 4 rings (SSSR count). The Kier molecular flexibility index (Phi) is 5.61. The minimum Gasteiger partial charge on any atom is -0.325 e. The second-order valence-electron chi connectivity index (χ2n) is 8.37. The Bertz CT molecular complexity index is 1150. The number of nitrogens with one attached hydrogen (secondary N) is 1. The van der Waals surface area contributed by atoms with Crippen molar-refractivity contribution in [2.45, 2.75) is 57.0 Å². The highest BCUT2D eigenvalue weighted by Gasteiger charge is 2.40. The first-order valence-electron chi connectivity index (χ1n) is 10.5. The van der Waals surface area contributed by atoms with Crippen LogP contribution in [0.4, 0.5) is 11.4 Å². The van der Waals surface area contributed by atoms with Crippen molar-refractivity contribution in [3.8, 4) is 0 Å². The Balaban J connectivity index is 1.59. The first-order valence-corrected chi connectivity index (χ1v) is 11.9. The first-order chi connectivity index (χ1) is 14.7. The van der Waals surface area contributed by atoms with E-state index in [-0.39, 0.29) is 22.8 Å². The minimum atomic E-state index is -3.84. The maximum Gasteiger partial charge on any atom is 0.243 e. The van der Waals surface area contributed by atoms with E-state index in [0.717, 1.165) is 16.8 Å². The zero-order chi connectivity index (χ0) is 22.3. The van der Waals surface area contributed by atoms with E-state index >= 15 is 0 Å². The highest BCUT2D eigenvalue weighted by atomic mass is 32.2. The Morgan fingerprint density at radius 1 is 1.13 bits per heavy atom. The van der Waals surface area contributed by atoms with E-state index in [9.17, 15) is 18.0 Å². The Morgan fingerprint density at radius 3 is 2.61 bits per heavy atom. The summed E-state index contributed by atoms with van der Waals surface area (Å²) in [5.41, 5.74) is 3.27.